The summed E-state index contributed by atoms with van der Waals surface area (Å²) in [6.07, 6.45) is 0.347. The number of nitrogens with zero attached hydrogens (tertiary/aromatic N) is 1. The summed E-state index contributed by atoms with van der Waals surface area (Å²) in [5, 5.41) is 11.4. The van der Waals surface area contributed by atoms with Gasteiger partial charge in [-0.2, -0.15) is 0 Å². The fraction of sp³-hybridized carbons (Fsp3) is 0.300. The van der Waals surface area contributed by atoms with Gasteiger partial charge in [-0.1, -0.05) is 6.07 Å². The van der Waals surface area contributed by atoms with E-state index in [0.29, 0.717) is 17.9 Å². The Bertz CT molecular complexity index is 1070. The Morgan fingerprint density at radius 3 is 2.86 bits per heavy atom. The van der Waals surface area contributed by atoms with Crippen LogP contribution in [0.4, 0.5) is 8.78 Å². The normalized spacial score (nSPS) is 25.1. The molecule has 3 unspecified atom stereocenters. The second-order valence-corrected chi connectivity index (χ2v) is 9.12. The number of oxazole rings is 1. The Hall–Kier alpha value is -2.45. The number of aryl methyl sites for hydroxylation is 1. The van der Waals surface area contributed by atoms with E-state index in [1.807, 2.05) is 18.2 Å². The monoisotopic (exact) mass is 403 g/mol. The van der Waals surface area contributed by atoms with Crippen LogP contribution in [-0.2, 0) is 17.6 Å². The molecule has 1 fully saturated rings. The lowest BCUT2D eigenvalue weighted by Gasteiger charge is -2.40. The van der Waals surface area contributed by atoms with Crippen LogP contribution in [0.2, 0.25) is 0 Å². The smallest absolute Gasteiger partial charge is 0.192 e. The van der Waals surface area contributed by atoms with Gasteiger partial charge < -0.3 is 14.3 Å². The van der Waals surface area contributed by atoms with Crippen molar-refractivity contribution in [3.8, 4) is 0 Å². The number of rotatable bonds is 3. The number of benzene rings is 2. The van der Waals surface area contributed by atoms with E-state index in [9.17, 15) is 13.3 Å². The lowest BCUT2D eigenvalue weighted by atomic mass is 9.97. The Labute approximate surface area is 163 Å². The molecule has 0 spiro atoms. The van der Waals surface area contributed by atoms with Crippen LogP contribution in [0.5, 0.6) is 0 Å². The van der Waals surface area contributed by atoms with Crippen LogP contribution in [0.3, 0.4) is 0 Å². The minimum atomic E-state index is -1.47. The molecule has 3 aromatic rings. The average molecular weight is 403 g/mol. The highest BCUT2D eigenvalue weighted by Crippen LogP contribution is 2.34. The summed E-state index contributed by atoms with van der Waals surface area (Å²) in [6.45, 7) is 3.51. The predicted octanol–water partition coefficient (Wildman–Crippen LogP) is 3.79. The van der Waals surface area contributed by atoms with Crippen LogP contribution < -0.4 is 5.32 Å². The first-order valence-corrected chi connectivity index (χ1v) is 10.1. The summed E-state index contributed by atoms with van der Waals surface area (Å²) in [5.74, 6) is -0.463. The maximum atomic E-state index is 14.1. The third kappa shape index (κ3) is 3.27. The van der Waals surface area contributed by atoms with E-state index in [0.717, 1.165) is 29.3 Å². The van der Waals surface area contributed by atoms with E-state index >= 15 is 0 Å². The molecule has 3 atom stereocenters. The number of hydrogen-bond donors (Lipinski definition) is 2. The van der Waals surface area contributed by atoms with Gasteiger partial charge in [0.15, 0.2) is 22.1 Å². The number of amidine groups is 1. The van der Waals surface area contributed by atoms with Crippen molar-refractivity contribution in [2.75, 3.05) is 5.75 Å². The SMILES string of the molecule is Cc1nc2ccc(CC3(C)C(=N)NC(c4cc(F)ccc4F)C[S+]3[O-])cc2o1. The Balaban J connectivity index is 1.59. The van der Waals surface area contributed by atoms with Crippen molar-refractivity contribution in [3.63, 3.8) is 0 Å². The summed E-state index contributed by atoms with van der Waals surface area (Å²) < 4.78 is 45.3. The van der Waals surface area contributed by atoms with E-state index in [1.165, 1.54) is 0 Å². The fourth-order valence-corrected chi connectivity index (χ4v) is 5.07. The highest BCUT2D eigenvalue weighted by atomic mass is 32.2. The number of fused-ring (bicyclic) bond motifs is 1. The third-order valence-electron chi connectivity index (χ3n) is 5.10. The zero-order chi connectivity index (χ0) is 20.1. The molecule has 1 saturated heterocycles. The van der Waals surface area contributed by atoms with Crippen LogP contribution in [0.25, 0.3) is 11.1 Å². The van der Waals surface area contributed by atoms with Gasteiger partial charge in [0, 0.05) is 18.9 Å². The largest absolute Gasteiger partial charge is 0.616 e. The molecule has 0 bridgehead atoms. The standard InChI is InChI=1S/C20H19F2N3O2S/c1-11-24-16-6-3-12(7-18(16)27-11)9-20(2)19(23)25-17(10-28(20)26)14-8-13(21)4-5-15(14)22/h3-8,17H,9-10H2,1-2H3,(H2,23,25). The maximum absolute atomic E-state index is 14.1. The maximum Gasteiger partial charge on any atom is 0.192 e. The molecule has 0 radical (unpaired) electrons. The average Bonchev–Trinajstić information content (AvgIpc) is 3.01. The lowest BCUT2D eigenvalue weighted by molar-refractivity contribution is 0.512. The first-order valence-electron chi connectivity index (χ1n) is 8.81. The molecule has 0 aliphatic carbocycles. The Morgan fingerprint density at radius 2 is 2.11 bits per heavy atom. The second kappa shape index (κ2) is 6.86. The molecule has 1 aromatic heterocycles. The van der Waals surface area contributed by atoms with Crippen molar-refractivity contribution in [1.29, 1.82) is 5.41 Å². The van der Waals surface area contributed by atoms with Crippen LogP contribution >= 0.6 is 0 Å². The van der Waals surface area contributed by atoms with Crippen molar-refractivity contribution in [3.05, 3.63) is 65.1 Å². The van der Waals surface area contributed by atoms with E-state index in [4.69, 9.17) is 9.83 Å². The van der Waals surface area contributed by atoms with Crippen molar-refractivity contribution >= 4 is 28.1 Å². The van der Waals surface area contributed by atoms with Gasteiger partial charge in [-0.15, -0.1) is 0 Å². The molecule has 2 aromatic carbocycles. The van der Waals surface area contributed by atoms with Crippen molar-refractivity contribution in [2.24, 2.45) is 0 Å². The highest BCUT2D eigenvalue weighted by molar-refractivity contribution is 7.93. The number of halogens is 2. The molecule has 146 valence electrons. The van der Waals surface area contributed by atoms with Crippen LogP contribution in [0.15, 0.2) is 40.8 Å². The van der Waals surface area contributed by atoms with Crippen LogP contribution in [0.1, 0.15) is 30.0 Å². The molecule has 28 heavy (non-hydrogen) atoms. The van der Waals surface area contributed by atoms with Gasteiger partial charge >= 0.3 is 0 Å². The highest BCUT2D eigenvalue weighted by Gasteiger charge is 2.48. The van der Waals surface area contributed by atoms with E-state index in [1.54, 1.807) is 13.8 Å². The summed E-state index contributed by atoms with van der Waals surface area (Å²) in [4.78, 5) is 4.26. The van der Waals surface area contributed by atoms with Crippen LogP contribution in [0, 0.1) is 24.0 Å². The third-order valence-corrected chi connectivity index (χ3v) is 7.09. The van der Waals surface area contributed by atoms with Gasteiger partial charge in [-0.25, -0.2) is 13.8 Å². The molecular formula is C20H19F2N3O2S. The summed E-state index contributed by atoms with van der Waals surface area (Å²) in [6, 6.07) is 7.99. The molecule has 1 aliphatic heterocycles. The minimum Gasteiger partial charge on any atom is -0.616 e. The van der Waals surface area contributed by atoms with E-state index < -0.39 is 33.6 Å². The second-order valence-electron chi connectivity index (χ2n) is 7.19. The lowest BCUT2D eigenvalue weighted by Crippen LogP contribution is -2.59. The first kappa shape index (κ1) is 18.9. The Morgan fingerprint density at radius 1 is 1.32 bits per heavy atom. The molecule has 5 nitrogen and oxygen atoms in total. The minimum absolute atomic E-state index is 0.0413. The number of nitrogens with one attached hydrogen (secondary N) is 2. The van der Waals surface area contributed by atoms with Gasteiger partial charge in [0.2, 0.25) is 0 Å². The van der Waals surface area contributed by atoms with Gasteiger partial charge in [0.25, 0.3) is 0 Å². The molecule has 0 saturated carbocycles. The molecule has 1 aliphatic rings. The molecule has 8 heteroatoms. The molecule has 2 heterocycles. The first-order chi connectivity index (χ1) is 13.3. The molecule has 0 amide bonds. The predicted molar refractivity (Wildman–Crippen MR) is 104 cm³/mol. The van der Waals surface area contributed by atoms with E-state index in [2.05, 4.69) is 10.3 Å². The van der Waals surface area contributed by atoms with Gasteiger partial charge in [0.05, 0.1) is 0 Å². The number of aromatic nitrogens is 1. The quantitative estimate of drug-likeness (QED) is 0.652. The van der Waals surface area contributed by atoms with Crippen molar-refractivity contribution in [2.45, 2.75) is 31.1 Å². The van der Waals surface area contributed by atoms with Gasteiger partial charge in [0.1, 0.15) is 28.9 Å². The topological polar surface area (TPSA) is 85.0 Å². The van der Waals surface area contributed by atoms with Gasteiger partial charge in [-0.05, 0) is 54.0 Å². The van der Waals surface area contributed by atoms with Crippen LogP contribution in [-0.4, -0.2) is 25.9 Å². The zero-order valence-electron chi connectivity index (χ0n) is 15.4. The zero-order valence-corrected chi connectivity index (χ0v) is 16.2. The summed E-state index contributed by atoms with van der Waals surface area (Å²) >= 11 is -1.47. The number of hydrogen-bond acceptors (Lipinski definition) is 4. The summed E-state index contributed by atoms with van der Waals surface area (Å²) in [7, 11) is 0. The molecule has 4 rings (SSSR count). The fourth-order valence-electron chi connectivity index (χ4n) is 3.52. The van der Waals surface area contributed by atoms with Crippen molar-refractivity contribution in [1.82, 2.24) is 10.3 Å². The Kier molecular flexibility index (Phi) is 4.63. The van der Waals surface area contributed by atoms with Crippen molar-refractivity contribution < 1.29 is 17.8 Å². The summed E-state index contributed by atoms with van der Waals surface area (Å²) in [5.41, 5.74) is 2.32. The van der Waals surface area contributed by atoms with Gasteiger partial charge in [-0.3, -0.25) is 5.41 Å². The molecule has 2 N–H and O–H groups in total. The van der Waals surface area contributed by atoms with E-state index in [-0.39, 0.29) is 17.2 Å². The molecular weight excluding hydrogens is 384 g/mol.